The number of hydrogen-bond acceptors (Lipinski definition) is 6. The molecule has 8 nitrogen and oxygen atoms in total. The molecular weight excluding hydrogens is 430 g/mol. The van der Waals surface area contributed by atoms with E-state index in [0.29, 0.717) is 18.0 Å². The number of anilines is 1. The monoisotopic (exact) mass is 461 g/mol. The van der Waals surface area contributed by atoms with Crippen molar-refractivity contribution in [2.75, 3.05) is 44.0 Å². The summed E-state index contributed by atoms with van der Waals surface area (Å²) in [7, 11) is -2.18. The third-order valence-corrected chi connectivity index (χ3v) is 6.64. The maximum Gasteiger partial charge on any atom is 0.243 e. The summed E-state index contributed by atoms with van der Waals surface area (Å²) in [6, 6.07) is 13.8. The van der Waals surface area contributed by atoms with Gasteiger partial charge in [0.05, 0.1) is 32.3 Å². The van der Waals surface area contributed by atoms with Gasteiger partial charge in [-0.1, -0.05) is 30.3 Å². The number of methoxy groups -OCH3 is 1. The molecule has 2 aromatic rings. The van der Waals surface area contributed by atoms with Gasteiger partial charge in [-0.15, -0.1) is 0 Å². The number of carbonyl (C=O) groups is 1. The Bertz CT molecular complexity index is 1000. The number of amides is 1. The lowest BCUT2D eigenvalue weighted by Crippen LogP contribution is -2.47. The fourth-order valence-corrected chi connectivity index (χ4v) is 4.84. The molecule has 1 atom stereocenters. The normalized spacial score (nSPS) is 15.7. The smallest absolute Gasteiger partial charge is 0.243 e. The zero-order valence-electron chi connectivity index (χ0n) is 18.8. The van der Waals surface area contributed by atoms with Crippen LogP contribution in [0.2, 0.25) is 0 Å². The minimum Gasteiger partial charge on any atom is -0.497 e. The maximum atomic E-state index is 12.8. The van der Waals surface area contributed by atoms with Gasteiger partial charge in [-0.2, -0.15) is 0 Å². The molecule has 1 heterocycles. The molecule has 0 bridgehead atoms. The molecule has 2 aromatic carbocycles. The highest BCUT2D eigenvalue weighted by Crippen LogP contribution is 2.25. The van der Waals surface area contributed by atoms with Crippen LogP contribution >= 0.6 is 0 Å². The van der Waals surface area contributed by atoms with Crippen molar-refractivity contribution in [3.05, 3.63) is 59.7 Å². The molecular formula is C23H31N3O5S. The molecule has 174 valence electrons. The summed E-state index contributed by atoms with van der Waals surface area (Å²) in [5.41, 5.74) is 2.53. The minimum atomic E-state index is -3.69. The molecule has 32 heavy (non-hydrogen) atoms. The molecule has 0 radical (unpaired) electrons. The number of hydrogen-bond donors (Lipinski definition) is 1. The third kappa shape index (κ3) is 6.44. The standard InChI is InChI=1S/C23H31N3O5S/c1-18(26(32(3,28)29)21-5-4-6-22(15-21)30-2)23(27)24-16-19-7-9-20(10-8-19)17-25-11-13-31-14-12-25/h4-10,15,18H,11-14,16-17H2,1-3H3,(H,24,27)/t18-/m1/s1. The Balaban J connectivity index is 1.62. The predicted molar refractivity (Wildman–Crippen MR) is 124 cm³/mol. The molecule has 0 spiro atoms. The molecule has 1 N–H and O–H groups in total. The van der Waals surface area contributed by atoms with E-state index in [0.717, 1.165) is 49.0 Å². The van der Waals surface area contributed by atoms with E-state index < -0.39 is 16.1 Å². The van der Waals surface area contributed by atoms with Crippen molar-refractivity contribution in [2.45, 2.75) is 26.1 Å². The van der Waals surface area contributed by atoms with Crippen molar-refractivity contribution in [1.29, 1.82) is 0 Å². The number of morpholine rings is 1. The molecule has 3 rings (SSSR count). The number of carbonyl (C=O) groups excluding carboxylic acids is 1. The van der Waals surface area contributed by atoms with Gasteiger partial charge < -0.3 is 14.8 Å². The van der Waals surface area contributed by atoms with Crippen LogP contribution in [0.1, 0.15) is 18.1 Å². The largest absolute Gasteiger partial charge is 0.497 e. The Hall–Kier alpha value is -2.62. The summed E-state index contributed by atoms with van der Waals surface area (Å²) in [6.45, 7) is 6.15. The van der Waals surface area contributed by atoms with Crippen LogP contribution in [-0.4, -0.2) is 64.9 Å². The Morgan fingerprint density at radius 3 is 2.44 bits per heavy atom. The predicted octanol–water partition coefficient (Wildman–Crippen LogP) is 2.00. The second kappa shape index (κ2) is 10.8. The van der Waals surface area contributed by atoms with Crippen molar-refractivity contribution in [3.63, 3.8) is 0 Å². The van der Waals surface area contributed by atoms with Crippen molar-refractivity contribution in [1.82, 2.24) is 10.2 Å². The van der Waals surface area contributed by atoms with E-state index in [1.165, 1.54) is 12.7 Å². The lowest BCUT2D eigenvalue weighted by Gasteiger charge is -2.28. The second-order valence-electron chi connectivity index (χ2n) is 7.86. The van der Waals surface area contributed by atoms with Gasteiger partial charge in [-0.05, 0) is 30.2 Å². The van der Waals surface area contributed by atoms with Crippen molar-refractivity contribution in [3.8, 4) is 5.75 Å². The molecule has 0 aromatic heterocycles. The van der Waals surface area contributed by atoms with E-state index in [1.54, 1.807) is 31.2 Å². The van der Waals surface area contributed by atoms with Crippen molar-refractivity contribution in [2.24, 2.45) is 0 Å². The molecule has 1 aliphatic rings. The van der Waals surface area contributed by atoms with Gasteiger partial charge >= 0.3 is 0 Å². The van der Waals surface area contributed by atoms with Crippen LogP contribution in [0, 0.1) is 0 Å². The summed E-state index contributed by atoms with van der Waals surface area (Å²) in [5, 5.41) is 2.85. The van der Waals surface area contributed by atoms with Gasteiger partial charge in [-0.25, -0.2) is 8.42 Å². The zero-order valence-corrected chi connectivity index (χ0v) is 19.6. The van der Waals surface area contributed by atoms with Gasteiger partial charge in [-0.3, -0.25) is 14.0 Å². The first kappa shape index (κ1) is 24.0. The van der Waals surface area contributed by atoms with Gasteiger partial charge in [0.15, 0.2) is 0 Å². The highest BCUT2D eigenvalue weighted by Gasteiger charge is 2.29. The number of sulfonamides is 1. The van der Waals surface area contributed by atoms with Crippen molar-refractivity contribution < 1.29 is 22.7 Å². The van der Waals surface area contributed by atoms with Gasteiger partial charge in [0, 0.05) is 32.2 Å². The Labute approximate surface area is 190 Å². The maximum absolute atomic E-state index is 12.8. The van der Waals surface area contributed by atoms with Crippen LogP contribution in [0.3, 0.4) is 0 Å². The zero-order chi connectivity index (χ0) is 23.1. The van der Waals surface area contributed by atoms with Gasteiger partial charge in [0.1, 0.15) is 11.8 Å². The molecule has 1 aliphatic heterocycles. The summed E-state index contributed by atoms with van der Waals surface area (Å²) in [6.07, 6.45) is 1.09. The lowest BCUT2D eigenvalue weighted by atomic mass is 10.1. The van der Waals surface area contributed by atoms with Gasteiger partial charge in [0.25, 0.3) is 0 Å². The average Bonchev–Trinajstić information content (AvgIpc) is 2.78. The topological polar surface area (TPSA) is 88.2 Å². The van der Waals surface area contributed by atoms with E-state index in [9.17, 15) is 13.2 Å². The molecule has 0 saturated carbocycles. The SMILES string of the molecule is COc1cccc(N([C@H](C)C(=O)NCc2ccc(CN3CCOCC3)cc2)S(C)(=O)=O)c1. The molecule has 1 fully saturated rings. The third-order valence-electron chi connectivity index (χ3n) is 5.40. The summed E-state index contributed by atoms with van der Waals surface area (Å²) in [5.74, 6) is 0.136. The van der Waals surface area contributed by atoms with Crippen molar-refractivity contribution >= 4 is 21.6 Å². The first-order valence-electron chi connectivity index (χ1n) is 10.6. The molecule has 0 aliphatic carbocycles. The van der Waals surface area contributed by atoms with E-state index >= 15 is 0 Å². The van der Waals surface area contributed by atoms with Crippen LogP contribution in [0.5, 0.6) is 5.75 Å². The number of ether oxygens (including phenoxy) is 2. The first-order chi connectivity index (χ1) is 15.3. The van der Waals surface area contributed by atoms with Crippen LogP contribution in [0.4, 0.5) is 5.69 Å². The van der Waals surface area contributed by atoms with Crippen LogP contribution in [0.25, 0.3) is 0 Å². The molecule has 0 unspecified atom stereocenters. The summed E-state index contributed by atoms with van der Waals surface area (Å²) >= 11 is 0. The fourth-order valence-electron chi connectivity index (χ4n) is 3.67. The summed E-state index contributed by atoms with van der Waals surface area (Å²) in [4.78, 5) is 15.1. The lowest BCUT2D eigenvalue weighted by molar-refractivity contribution is -0.122. The average molecular weight is 462 g/mol. The van der Waals surface area contributed by atoms with E-state index in [2.05, 4.69) is 22.3 Å². The Kier molecular flexibility index (Phi) is 8.11. The highest BCUT2D eigenvalue weighted by atomic mass is 32.2. The van der Waals surface area contributed by atoms with Crippen LogP contribution in [-0.2, 0) is 32.6 Å². The van der Waals surface area contributed by atoms with Gasteiger partial charge in [0.2, 0.25) is 15.9 Å². The van der Waals surface area contributed by atoms with Crippen LogP contribution < -0.4 is 14.4 Å². The van der Waals surface area contributed by atoms with E-state index in [1.807, 2.05) is 12.1 Å². The summed E-state index contributed by atoms with van der Waals surface area (Å²) < 4.78 is 36.6. The molecule has 9 heteroatoms. The fraction of sp³-hybridized carbons (Fsp3) is 0.435. The minimum absolute atomic E-state index is 0.316. The van der Waals surface area contributed by atoms with Crippen LogP contribution in [0.15, 0.2) is 48.5 Å². The quantitative estimate of drug-likeness (QED) is 0.615. The number of nitrogens with one attached hydrogen (secondary N) is 1. The Morgan fingerprint density at radius 1 is 1.16 bits per heavy atom. The number of rotatable bonds is 9. The number of nitrogens with zero attached hydrogens (tertiary/aromatic N) is 2. The molecule has 1 amide bonds. The van der Waals surface area contributed by atoms with E-state index in [4.69, 9.17) is 9.47 Å². The van der Waals surface area contributed by atoms with E-state index in [-0.39, 0.29) is 5.91 Å². The second-order valence-corrected chi connectivity index (χ2v) is 9.72. The first-order valence-corrected chi connectivity index (χ1v) is 12.4. The highest BCUT2D eigenvalue weighted by molar-refractivity contribution is 7.92. The number of benzene rings is 2. The Morgan fingerprint density at radius 2 is 1.81 bits per heavy atom. The molecule has 1 saturated heterocycles.